The summed E-state index contributed by atoms with van der Waals surface area (Å²) in [6.45, 7) is -0.149. The zero-order valence-electron chi connectivity index (χ0n) is 9.85. The van der Waals surface area contributed by atoms with Gasteiger partial charge in [0.25, 0.3) is 0 Å². The molecule has 0 aromatic heterocycles. The van der Waals surface area contributed by atoms with Gasteiger partial charge in [-0.15, -0.1) is 0 Å². The van der Waals surface area contributed by atoms with Gasteiger partial charge in [-0.2, -0.15) is 0 Å². The molecule has 92 valence electrons. The van der Waals surface area contributed by atoms with Crippen molar-refractivity contribution in [3.8, 4) is 0 Å². The Morgan fingerprint density at radius 1 is 1.41 bits per heavy atom. The molecule has 0 saturated heterocycles. The van der Waals surface area contributed by atoms with Crippen LogP contribution in [0.5, 0.6) is 0 Å². The molecule has 2 unspecified atom stereocenters. The molecule has 0 radical (unpaired) electrons. The number of hydrogen-bond acceptors (Lipinski definition) is 4. The summed E-state index contributed by atoms with van der Waals surface area (Å²) < 4.78 is 0. The largest absolute Gasteiger partial charge is 0.390 e. The maximum absolute atomic E-state index is 9.87. The lowest BCUT2D eigenvalue weighted by Gasteiger charge is -2.19. The fraction of sp³-hybridized carbons (Fsp3) is 0.455. The van der Waals surface area contributed by atoms with Gasteiger partial charge < -0.3 is 15.1 Å². The van der Waals surface area contributed by atoms with Crippen molar-refractivity contribution in [3.63, 3.8) is 0 Å². The fourth-order valence-electron chi connectivity index (χ4n) is 1.43. The van der Waals surface area contributed by atoms with E-state index in [1.165, 1.54) is 0 Å². The molecule has 0 spiro atoms. The van der Waals surface area contributed by atoms with Gasteiger partial charge in [-0.1, -0.05) is 17.2 Å². The summed E-state index contributed by atoms with van der Waals surface area (Å²) in [4.78, 5) is 4.44. The van der Waals surface area contributed by atoms with E-state index in [0.29, 0.717) is 5.56 Å². The molecule has 6 heteroatoms. The lowest BCUT2D eigenvalue weighted by Crippen LogP contribution is -2.21. The van der Waals surface area contributed by atoms with E-state index < -0.39 is 12.2 Å². The molecule has 0 bridgehead atoms. The van der Waals surface area contributed by atoms with Gasteiger partial charge in [-0.3, -0.25) is 0 Å². The molecule has 17 heavy (non-hydrogen) atoms. The zero-order valence-corrected chi connectivity index (χ0v) is 9.85. The molecule has 0 amide bonds. The Kier molecular flexibility index (Phi) is 4.78. The molecular formula is C11H16N4O2. The van der Waals surface area contributed by atoms with E-state index in [1.54, 1.807) is 18.2 Å². The molecule has 0 aliphatic heterocycles. The van der Waals surface area contributed by atoms with Crippen LogP contribution < -0.4 is 4.90 Å². The predicted octanol–water partition coefficient (Wildman–Crippen LogP) is 1.46. The van der Waals surface area contributed by atoms with Gasteiger partial charge in [0.15, 0.2) is 0 Å². The predicted molar refractivity (Wildman–Crippen MR) is 65.7 cm³/mol. The maximum Gasteiger partial charge on any atom is 0.105 e. The van der Waals surface area contributed by atoms with Gasteiger partial charge >= 0.3 is 0 Å². The Hall–Kier alpha value is -1.75. The highest BCUT2D eigenvalue weighted by Gasteiger charge is 2.17. The van der Waals surface area contributed by atoms with Crippen LogP contribution in [0, 0.1) is 0 Å². The molecular weight excluding hydrogens is 220 g/mol. The van der Waals surface area contributed by atoms with Crippen molar-refractivity contribution in [3.05, 3.63) is 40.3 Å². The van der Waals surface area contributed by atoms with E-state index in [2.05, 4.69) is 10.0 Å². The Morgan fingerprint density at radius 2 is 2.12 bits per heavy atom. The van der Waals surface area contributed by atoms with Gasteiger partial charge in [-0.05, 0) is 23.2 Å². The second kappa shape index (κ2) is 6.10. The molecule has 0 fully saturated rings. The summed E-state index contributed by atoms with van der Waals surface area (Å²) in [5.74, 6) is 0. The summed E-state index contributed by atoms with van der Waals surface area (Å²) in [7, 11) is 3.78. The number of aliphatic hydroxyl groups excluding tert-OH is 2. The van der Waals surface area contributed by atoms with Gasteiger partial charge in [0.2, 0.25) is 0 Å². The second-order valence-electron chi connectivity index (χ2n) is 3.92. The van der Waals surface area contributed by atoms with Crippen molar-refractivity contribution in [2.75, 3.05) is 25.5 Å². The Morgan fingerprint density at radius 3 is 2.71 bits per heavy atom. The molecule has 6 nitrogen and oxygen atoms in total. The number of anilines is 1. The molecule has 1 aromatic rings. The van der Waals surface area contributed by atoms with Crippen LogP contribution in [0.3, 0.4) is 0 Å². The number of azide groups is 1. The molecule has 0 aliphatic rings. The number of nitrogens with zero attached hydrogens (tertiary/aromatic N) is 4. The number of aliphatic hydroxyl groups is 2. The Bertz CT molecular complexity index is 416. The van der Waals surface area contributed by atoms with E-state index in [-0.39, 0.29) is 6.54 Å². The molecule has 1 aromatic carbocycles. The summed E-state index contributed by atoms with van der Waals surface area (Å²) in [5, 5.41) is 22.7. The first-order valence-corrected chi connectivity index (χ1v) is 5.20. The zero-order chi connectivity index (χ0) is 12.8. The minimum atomic E-state index is -1.09. The van der Waals surface area contributed by atoms with E-state index in [1.807, 2.05) is 25.1 Å². The Labute approximate surface area is 99.7 Å². The van der Waals surface area contributed by atoms with Crippen LogP contribution in [-0.2, 0) is 0 Å². The third-order valence-electron chi connectivity index (χ3n) is 2.42. The molecule has 2 atom stereocenters. The first kappa shape index (κ1) is 13.3. The van der Waals surface area contributed by atoms with Crippen molar-refractivity contribution >= 4 is 5.69 Å². The van der Waals surface area contributed by atoms with Gasteiger partial charge in [0, 0.05) is 24.7 Å². The molecule has 0 saturated carbocycles. The van der Waals surface area contributed by atoms with E-state index in [0.717, 1.165) is 5.69 Å². The van der Waals surface area contributed by atoms with Gasteiger partial charge in [0.1, 0.15) is 6.10 Å². The third kappa shape index (κ3) is 3.64. The molecule has 0 heterocycles. The van der Waals surface area contributed by atoms with Crippen molar-refractivity contribution in [1.29, 1.82) is 0 Å². The van der Waals surface area contributed by atoms with Crippen LogP contribution in [0.4, 0.5) is 5.69 Å². The quantitative estimate of drug-likeness (QED) is 0.460. The molecule has 2 N–H and O–H groups in total. The van der Waals surface area contributed by atoms with Crippen molar-refractivity contribution < 1.29 is 10.2 Å². The maximum atomic E-state index is 9.87. The monoisotopic (exact) mass is 236 g/mol. The highest BCUT2D eigenvalue weighted by atomic mass is 16.3. The van der Waals surface area contributed by atoms with Crippen LogP contribution in [-0.4, -0.2) is 37.0 Å². The fourth-order valence-corrected chi connectivity index (χ4v) is 1.43. The van der Waals surface area contributed by atoms with Crippen LogP contribution in [0.15, 0.2) is 29.4 Å². The first-order valence-electron chi connectivity index (χ1n) is 5.20. The minimum Gasteiger partial charge on any atom is -0.390 e. The normalized spacial score (nSPS) is 13.6. The first-order chi connectivity index (χ1) is 8.06. The second-order valence-corrected chi connectivity index (χ2v) is 3.92. The third-order valence-corrected chi connectivity index (χ3v) is 2.42. The van der Waals surface area contributed by atoms with Crippen molar-refractivity contribution in [2.24, 2.45) is 5.11 Å². The van der Waals surface area contributed by atoms with Crippen LogP contribution in [0.25, 0.3) is 10.4 Å². The highest BCUT2D eigenvalue weighted by Crippen LogP contribution is 2.21. The summed E-state index contributed by atoms with van der Waals surface area (Å²) in [6, 6.07) is 7.20. The van der Waals surface area contributed by atoms with E-state index >= 15 is 0 Å². The van der Waals surface area contributed by atoms with Crippen molar-refractivity contribution in [2.45, 2.75) is 12.2 Å². The van der Waals surface area contributed by atoms with Gasteiger partial charge in [-0.25, -0.2) is 0 Å². The average molecular weight is 236 g/mol. The summed E-state index contributed by atoms with van der Waals surface area (Å²) in [6.07, 6.45) is -2.15. The lowest BCUT2D eigenvalue weighted by molar-refractivity contribution is 0.0244. The molecule has 0 aliphatic carbocycles. The summed E-state index contributed by atoms with van der Waals surface area (Å²) >= 11 is 0. The minimum absolute atomic E-state index is 0.149. The SMILES string of the molecule is CN(C)c1cccc(C(O)C(O)CN=[N+]=[N-])c1. The molecule has 1 rings (SSSR count). The van der Waals surface area contributed by atoms with Crippen LogP contribution in [0.2, 0.25) is 0 Å². The van der Waals surface area contributed by atoms with E-state index in [9.17, 15) is 10.2 Å². The van der Waals surface area contributed by atoms with Gasteiger partial charge in [0.05, 0.1) is 12.6 Å². The number of hydrogen-bond donors (Lipinski definition) is 2. The highest BCUT2D eigenvalue weighted by molar-refractivity contribution is 5.47. The number of benzene rings is 1. The smallest absolute Gasteiger partial charge is 0.105 e. The standard InChI is InChI=1S/C11H16N4O2/c1-15(2)9-5-3-4-8(6-9)11(17)10(16)7-13-14-12/h3-6,10-11,16-17H,7H2,1-2H3. The van der Waals surface area contributed by atoms with Crippen LogP contribution >= 0.6 is 0 Å². The van der Waals surface area contributed by atoms with E-state index in [4.69, 9.17) is 5.53 Å². The Balaban J connectivity index is 2.84. The topological polar surface area (TPSA) is 92.5 Å². The lowest BCUT2D eigenvalue weighted by atomic mass is 10.0. The summed E-state index contributed by atoms with van der Waals surface area (Å²) in [5.41, 5.74) is 9.67. The van der Waals surface area contributed by atoms with Crippen molar-refractivity contribution in [1.82, 2.24) is 0 Å². The number of rotatable bonds is 5. The average Bonchev–Trinajstić information content (AvgIpc) is 2.35. The van der Waals surface area contributed by atoms with Crippen LogP contribution in [0.1, 0.15) is 11.7 Å².